The van der Waals surface area contributed by atoms with Gasteiger partial charge in [-0.25, -0.2) is 4.79 Å². The van der Waals surface area contributed by atoms with E-state index in [9.17, 15) is 9.59 Å². The van der Waals surface area contributed by atoms with E-state index in [-0.39, 0.29) is 11.5 Å². The molecular formula is C16H14N2O3. The van der Waals surface area contributed by atoms with Gasteiger partial charge in [0.2, 0.25) is 5.91 Å². The molecule has 1 aliphatic carbocycles. The van der Waals surface area contributed by atoms with E-state index >= 15 is 0 Å². The summed E-state index contributed by atoms with van der Waals surface area (Å²) in [6, 6.07) is 11.0. The summed E-state index contributed by atoms with van der Waals surface area (Å²) in [4.78, 5) is 27.2. The Labute approximate surface area is 121 Å². The molecule has 1 aromatic carbocycles. The van der Waals surface area contributed by atoms with Gasteiger partial charge in [-0.2, -0.15) is 0 Å². The number of aromatic nitrogens is 1. The second-order valence-electron chi connectivity index (χ2n) is 5.17. The molecule has 0 spiro atoms. The number of aromatic carboxylic acids is 1. The van der Waals surface area contributed by atoms with Crippen molar-refractivity contribution in [1.82, 2.24) is 4.98 Å². The van der Waals surface area contributed by atoms with Gasteiger partial charge in [-0.15, -0.1) is 0 Å². The molecule has 0 unspecified atom stereocenters. The van der Waals surface area contributed by atoms with Crippen LogP contribution in [-0.2, 0) is 10.2 Å². The Morgan fingerprint density at radius 3 is 2.48 bits per heavy atom. The summed E-state index contributed by atoms with van der Waals surface area (Å²) < 4.78 is 0. The third kappa shape index (κ3) is 2.50. The summed E-state index contributed by atoms with van der Waals surface area (Å²) in [6.45, 7) is 0. The zero-order valence-corrected chi connectivity index (χ0v) is 11.2. The van der Waals surface area contributed by atoms with Gasteiger partial charge in [-0.1, -0.05) is 30.3 Å². The summed E-state index contributed by atoms with van der Waals surface area (Å²) in [5.41, 5.74) is 0.963. The van der Waals surface area contributed by atoms with Gasteiger partial charge < -0.3 is 10.4 Å². The molecular weight excluding hydrogens is 268 g/mol. The molecule has 1 fully saturated rings. The number of carbonyl (C=O) groups excluding carboxylic acids is 1. The molecule has 2 N–H and O–H groups in total. The van der Waals surface area contributed by atoms with Crippen LogP contribution in [0.25, 0.3) is 0 Å². The molecule has 1 amide bonds. The highest BCUT2D eigenvalue weighted by atomic mass is 16.4. The molecule has 3 rings (SSSR count). The van der Waals surface area contributed by atoms with Crippen LogP contribution in [0.5, 0.6) is 0 Å². The monoisotopic (exact) mass is 282 g/mol. The maximum atomic E-state index is 12.5. The van der Waals surface area contributed by atoms with E-state index in [1.165, 1.54) is 18.5 Å². The molecule has 1 aromatic heterocycles. The summed E-state index contributed by atoms with van der Waals surface area (Å²) in [5.74, 6) is -1.18. The highest BCUT2D eigenvalue weighted by Gasteiger charge is 2.51. The SMILES string of the molecule is O=C(O)c1cncc(NC(=O)C2(c3ccccc3)CC2)c1. The predicted molar refractivity (Wildman–Crippen MR) is 77.2 cm³/mol. The number of benzene rings is 1. The van der Waals surface area contributed by atoms with Crippen LogP contribution in [0.4, 0.5) is 5.69 Å². The van der Waals surface area contributed by atoms with Crippen LogP contribution in [0.3, 0.4) is 0 Å². The van der Waals surface area contributed by atoms with E-state index in [0.717, 1.165) is 18.4 Å². The fraction of sp³-hybridized carbons (Fsp3) is 0.188. The molecule has 0 bridgehead atoms. The van der Waals surface area contributed by atoms with Crippen molar-refractivity contribution in [2.24, 2.45) is 0 Å². The molecule has 0 atom stereocenters. The molecule has 106 valence electrons. The predicted octanol–water partition coefficient (Wildman–Crippen LogP) is 2.45. The van der Waals surface area contributed by atoms with Crippen LogP contribution in [0.2, 0.25) is 0 Å². The fourth-order valence-corrected chi connectivity index (χ4v) is 2.41. The molecule has 5 heteroatoms. The van der Waals surface area contributed by atoms with Crippen molar-refractivity contribution < 1.29 is 14.7 Å². The van der Waals surface area contributed by atoms with Crippen molar-refractivity contribution in [1.29, 1.82) is 0 Å². The van der Waals surface area contributed by atoms with Gasteiger partial charge in [-0.05, 0) is 24.5 Å². The molecule has 0 saturated heterocycles. The first-order chi connectivity index (χ1) is 10.1. The molecule has 1 aliphatic rings. The average molecular weight is 282 g/mol. The van der Waals surface area contributed by atoms with Gasteiger partial charge >= 0.3 is 5.97 Å². The Morgan fingerprint density at radius 1 is 1.14 bits per heavy atom. The van der Waals surface area contributed by atoms with Crippen LogP contribution < -0.4 is 5.32 Å². The molecule has 0 radical (unpaired) electrons. The Morgan fingerprint density at radius 2 is 1.86 bits per heavy atom. The first-order valence-electron chi connectivity index (χ1n) is 6.67. The van der Waals surface area contributed by atoms with E-state index in [1.807, 2.05) is 30.3 Å². The number of pyridine rings is 1. The number of nitrogens with one attached hydrogen (secondary N) is 1. The lowest BCUT2D eigenvalue weighted by Crippen LogP contribution is -2.27. The van der Waals surface area contributed by atoms with Crippen molar-refractivity contribution in [3.63, 3.8) is 0 Å². The highest BCUT2D eigenvalue weighted by Crippen LogP contribution is 2.48. The van der Waals surface area contributed by atoms with Crippen LogP contribution in [0.15, 0.2) is 48.8 Å². The summed E-state index contributed by atoms with van der Waals surface area (Å²) in [5, 5.41) is 11.7. The Kier molecular flexibility index (Phi) is 3.17. The first kappa shape index (κ1) is 13.3. The number of carbonyl (C=O) groups is 2. The van der Waals surface area contributed by atoms with Crippen molar-refractivity contribution >= 4 is 17.6 Å². The zero-order chi connectivity index (χ0) is 14.9. The van der Waals surface area contributed by atoms with Gasteiger partial charge in [0.25, 0.3) is 0 Å². The van der Waals surface area contributed by atoms with Gasteiger partial charge in [0.05, 0.1) is 22.9 Å². The fourth-order valence-electron chi connectivity index (χ4n) is 2.41. The van der Waals surface area contributed by atoms with Crippen molar-refractivity contribution in [2.75, 3.05) is 5.32 Å². The number of nitrogens with zero attached hydrogens (tertiary/aromatic N) is 1. The zero-order valence-electron chi connectivity index (χ0n) is 11.2. The van der Waals surface area contributed by atoms with Crippen LogP contribution >= 0.6 is 0 Å². The van der Waals surface area contributed by atoms with Crippen molar-refractivity contribution in [2.45, 2.75) is 18.3 Å². The minimum atomic E-state index is -1.07. The van der Waals surface area contributed by atoms with Crippen molar-refractivity contribution in [3.8, 4) is 0 Å². The number of anilines is 1. The Bertz CT molecular complexity index is 694. The van der Waals surface area contributed by atoms with Gasteiger partial charge in [0.1, 0.15) is 0 Å². The summed E-state index contributed by atoms with van der Waals surface area (Å²) in [6.07, 6.45) is 4.30. The third-order valence-electron chi connectivity index (χ3n) is 3.75. The third-order valence-corrected chi connectivity index (χ3v) is 3.75. The van der Waals surface area contributed by atoms with Crippen LogP contribution in [0, 0.1) is 0 Å². The Balaban J connectivity index is 1.81. The van der Waals surface area contributed by atoms with Gasteiger partial charge in [0.15, 0.2) is 0 Å². The van der Waals surface area contributed by atoms with E-state index < -0.39 is 11.4 Å². The lowest BCUT2D eigenvalue weighted by Gasteiger charge is -2.15. The van der Waals surface area contributed by atoms with Crippen molar-refractivity contribution in [3.05, 3.63) is 59.9 Å². The van der Waals surface area contributed by atoms with Crippen LogP contribution in [0.1, 0.15) is 28.8 Å². The molecule has 0 aliphatic heterocycles. The lowest BCUT2D eigenvalue weighted by atomic mass is 9.95. The second-order valence-corrected chi connectivity index (χ2v) is 5.17. The molecule has 2 aromatic rings. The number of carboxylic acids is 1. The lowest BCUT2D eigenvalue weighted by molar-refractivity contribution is -0.118. The van der Waals surface area contributed by atoms with E-state index in [1.54, 1.807) is 0 Å². The largest absolute Gasteiger partial charge is 0.478 e. The molecule has 5 nitrogen and oxygen atoms in total. The normalized spacial score (nSPS) is 15.2. The second kappa shape index (κ2) is 5.01. The van der Waals surface area contributed by atoms with Gasteiger partial charge in [-0.3, -0.25) is 9.78 Å². The average Bonchev–Trinajstić information content (AvgIpc) is 3.30. The highest BCUT2D eigenvalue weighted by molar-refractivity contribution is 6.02. The van der Waals surface area contributed by atoms with E-state index in [0.29, 0.717) is 5.69 Å². The maximum absolute atomic E-state index is 12.5. The van der Waals surface area contributed by atoms with Gasteiger partial charge in [0, 0.05) is 6.20 Å². The standard InChI is InChI=1S/C16H14N2O3/c19-14(20)11-8-13(10-17-9-11)18-15(21)16(6-7-16)12-4-2-1-3-5-12/h1-5,8-10H,6-7H2,(H,18,21)(H,19,20). The summed E-state index contributed by atoms with van der Waals surface area (Å²) in [7, 11) is 0. The topological polar surface area (TPSA) is 79.3 Å². The summed E-state index contributed by atoms with van der Waals surface area (Å²) >= 11 is 0. The molecule has 1 heterocycles. The molecule has 1 saturated carbocycles. The first-order valence-corrected chi connectivity index (χ1v) is 6.67. The maximum Gasteiger partial charge on any atom is 0.337 e. The number of rotatable bonds is 4. The smallest absolute Gasteiger partial charge is 0.337 e. The quantitative estimate of drug-likeness (QED) is 0.902. The molecule has 21 heavy (non-hydrogen) atoms. The minimum Gasteiger partial charge on any atom is -0.478 e. The number of hydrogen-bond acceptors (Lipinski definition) is 3. The van der Waals surface area contributed by atoms with E-state index in [2.05, 4.69) is 10.3 Å². The minimum absolute atomic E-state index is 0.0531. The number of carboxylic acid groups (broad SMARTS) is 1. The Hall–Kier alpha value is -2.69. The number of hydrogen-bond donors (Lipinski definition) is 2. The van der Waals surface area contributed by atoms with E-state index in [4.69, 9.17) is 5.11 Å². The van der Waals surface area contributed by atoms with Crippen LogP contribution in [-0.4, -0.2) is 22.0 Å². The number of amides is 1.